The van der Waals surface area contributed by atoms with Crippen molar-refractivity contribution in [3.63, 3.8) is 0 Å². The van der Waals surface area contributed by atoms with Crippen molar-refractivity contribution in [2.75, 3.05) is 0 Å². The molecule has 0 saturated carbocycles. The van der Waals surface area contributed by atoms with Gasteiger partial charge in [-0.15, -0.1) is 0 Å². The molecule has 0 radical (unpaired) electrons. The first-order chi connectivity index (χ1) is 11.4. The molecule has 0 heterocycles. The summed E-state index contributed by atoms with van der Waals surface area (Å²) in [4.78, 5) is 24.1. The second kappa shape index (κ2) is 7.59. The van der Waals surface area contributed by atoms with E-state index in [0.29, 0.717) is 11.3 Å². The lowest BCUT2D eigenvalue weighted by Crippen LogP contribution is -2.47. The van der Waals surface area contributed by atoms with Gasteiger partial charge in [-0.2, -0.15) is 0 Å². The van der Waals surface area contributed by atoms with E-state index in [0.717, 1.165) is 11.1 Å². The van der Waals surface area contributed by atoms with Crippen molar-refractivity contribution in [3.05, 3.63) is 65.0 Å². The molecule has 0 spiro atoms. The predicted molar refractivity (Wildman–Crippen MR) is 88.0 cm³/mol. The van der Waals surface area contributed by atoms with E-state index in [9.17, 15) is 14.0 Å². The first-order valence-electron chi connectivity index (χ1n) is 7.47. The van der Waals surface area contributed by atoms with Crippen molar-refractivity contribution in [3.8, 4) is 5.75 Å². The summed E-state index contributed by atoms with van der Waals surface area (Å²) >= 11 is 0. The molecule has 2 rings (SSSR count). The van der Waals surface area contributed by atoms with Crippen LogP contribution >= 0.6 is 0 Å². The molecule has 2 aromatic carbocycles. The third-order valence-corrected chi connectivity index (χ3v) is 3.64. The first kappa shape index (κ1) is 17.5. The maximum Gasteiger partial charge on any atom is 0.279 e. The van der Waals surface area contributed by atoms with Gasteiger partial charge in [0, 0.05) is 5.56 Å². The number of halogens is 1. The highest BCUT2D eigenvalue weighted by molar-refractivity contribution is 5.97. The number of nitrogens with one attached hydrogen (secondary N) is 2. The number of hydrogen-bond donors (Lipinski definition) is 2. The van der Waals surface area contributed by atoms with Crippen molar-refractivity contribution in [1.29, 1.82) is 0 Å². The zero-order valence-electron chi connectivity index (χ0n) is 13.7. The van der Waals surface area contributed by atoms with Crippen LogP contribution in [0.5, 0.6) is 5.75 Å². The summed E-state index contributed by atoms with van der Waals surface area (Å²) in [5.41, 5.74) is 7.01. The monoisotopic (exact) mass is 330 g/mol. The Labute approximate surface area is 139 Å². The molecule has 0 bridgehead atoms. The third kappa shape index (κ3) is 4.32. The van der Waals surface area contributed by atoms with Gasteiger partial charge in [0.05, 0.1) is 0 Å². The fourth-order valence-corrected chi connectivity index (χ4v) is 2.06. The molecule has 0 fully saturated rings. The summed E-state index contributed by atoms with van der Waals surface area (Å²) in [5, 5.41) is 0. The molecule has 0 saturated heterocycles. The van der Waals surface area contributed by atoms with Gasteiger partial charge in [0.1, 0.15) is 11.6 Å². The number of benzene rings is 2. The first-order valence-corrected chi connectivity index (χ1v) is 7.47. The molecule has 126 valence electrons. The van der Waals surface area contributed by atoms with Crippen LogP contribution in [0.3, 0.4) is 0 Å². The Kier molecular flexibility index (Phi) is 5.52. The van der Waals surface area contributed by atoms with Crippen LogP contribution in [0, 0.1) is 19.7 Å². The molecule has 2 N–H and O–H groups in total. The van der Waals surface area contributed by atoms with Crippen LogP contribution in [0.15, 0.2) is 42.5 Å². The summed E-state index contributed by atoms with van der Waals surface area (Å²) in [6.07, 6.45) is -0.852. The topological polar surface area (TPSA) is 67.4 Å². The fourth-order valence-electron chi connectivity index (χ4n) is 2.06. The smallest absolute Gasteiger partial charge is 0.279 e. The largest absolute Gasteiger partial charge is 0.481 e. The Morgan fingerprint density at radius 2 is 1.71 bits per heavy atom. The quantitative estimate of drug-likeness (QED) is 0.847. The van der Waals surface area contributed by atoms with Gasteiger partial charge in [-0.25, -0.2) is 4.39 Å². The Balaban J connectivity index is 1.91. The van der Waals surface area contributed by atoms with Crippen LogP contribution in [-0.2, 0) is 4.79 Å². The molecular formula is C18H19FN2O3. The van der Waals surface area contributed by atoms with Gasteiger partial charge < -0.3 is 4.74 Å². The molecule has 2 amide bonds. The number of ether oxygens (including phenoxy) is 1. The van der Waals surface area contributed by atoms with E-state index in [2.05, 4.69) is 10.9 Å². The van der Waals surface area contributed by atoms with Crippen molar-refractivity contribution < 1.29 is 18.7 Å². The lowest BCUT2D eigenvalue weighted by molar-refractivity contribution is -0.128. The van der Waals surface area contributed by atoms with Gasteiger partial charge in [0.2, 0.25) is 0 Å². The molecule has 1 unspecified atom stereocenters. The van der Waals surface area contributed by atoms with Crippen molar-refractivity contribution in [1.82, 2.24) is 10.9 Å². The Morgan fingerprint density at radius 3 is 2.38 bits per heavy atom. The molecule has 0 aliphatic carbocycles. The molecule has 5 nitrogen and oxygen atoms in total. The van der Waals surface area contributed by atoms with Crippen LogP contribution in [0.1, 0.15) is 28.4 Å². The molecule has 6 heteroatoms. The van der Waals surface area contributed by atoms with Gasteiger partial charge in [-0.3, -0.25) is 20.4 Å². The van der Waals surface area contributed by atoms with E-state index in [1.807, 2.05) is 19.9 Å². The van der Waals surface area contributed by atoms with Gasteiger partial charge in [0.25, 0.3) is 11.8 Å². The predicted octanol–water partition coefficient (Wildman–Crippen LogP) is 2.67. The van der Waals surface area contributed by atoms with Gasteiger partial charge >= 0.3 is 0 Å². The maximum atomic E-state index is 12.8. The number of rotatable bonds is 4. The second-order valence-electron chi connectivity index (χ2n) is 5.40. The van der Waals surface area contributed by atoms with Crippen LogP contribution in [0.25, 0.3) is 0 Å². The van der Waals surface area contributed by atoms with Gasteiger partial charge in [-0.05, 0) is 62.2 Å². The van der Waals surface area contributed by atoms with Crippen molar-refractivity contribution in [2.45, 2.75) is 26.9 Å². The van der Waals surface area contributed by atoms with Crippen molar-refractivity contribution >= 4 is 11.8 Å². The van der Waals surface area contributed by atoms with Gasteiger partial charge in [-0.1, -0.05) is 12.1 Å². The number of carbonyl (C=O) groups is 2. The summed E-state index contributed by atoms with van der Waals surface area (Å²) in [7, 11) is 0. The number of amides is 2. The minimum Gasteiger partial charge on any atom is -0.481 e. The number of aryl methyl sites for hydroxylation is 1. The Morgan fingerprint density at radius 1 is 1.04 bits per heavy atom. The second-order valence-corrected chi connectivity index (χ2v) is 5.40. The minimum absolute atomic E-state index is 0.361. The highest BCUT2D eigenvalue weighted by atomic mass is 19.1. The van der Waals surface area contributed by atoms with Gasteiger partial charge in [0.15, 0.2) is 6.10 Å². The van der Waals surface area contributed by atoms with E-state index in [1.54, 1.807) is 12.1 Å². The lowest BCUT2D eigenvalue weighted by Gasteiger charge is -2.15. The summed E-state index contributed by atoms with van der Waals surface area (Å²) < 4.78 is 18.2. The minimum atomic E-state index is -0.852. The highest BCUT2D eigenvalue weighted by Crippen LogP contribution is 2.13. The Bertz CT molecular complexity index is 744. The van der Waals surface area contributed by atoms with E-state index in [1.165, 1.54) is 31.2 Å². The van der Waals surface area contributed by atoms with E-state index in [4.69, 9.17) is 4.74 Å². The average Bonchev–Trinajstić information content (AvgIpc) is 2.56. The summed E-state index contributed by atoms with van der Waals surface area (Å²) in [6, 6.07) is 10.7. The lowest BCUT2D eigenvalue weighted by atomic mass is 10.0. The molecule has 0 aliphatic heterocycles. The molecular weight excluding hydrogens is 311 g/mol. The summed E-state index contributed by atoms with van der Waals surface area (Å²) in [5.74, 6) is -0.948. The van der Waals surface area contributed by atoms with Crippen molar-refractivity contribution in [2.24, 2.45) is 0 Å². The number of hydrazine groups is 1. The van der Waals surface area contributed by atoms with Crippen LogP contribution in [0.4, 0.5) is 4.39 Å². The molecule has 0 aromatic heterocycles. The normalized spacial score (nSPS) is 11.5. The fraction of sp³-hybridized carbons (Fsp3) is 0.222. The molecule has 24 heavy (non-hydrogen) atoms. The van der Waals surface area contributed by atoms with E-state index < -0.39 is 17.9 Å². The molecule has 0 aliphatic rings. The average molecular weight is 330 g/mol. The zero-order valence-corrected chi connectivity index (χ0v) is 13.7. The summed E-state index contributed by atoms with van der Waals surface area (Å²) in [6.45, 7) is 5.28. The number of hydrogen-bond acceptors (Lipinski definition) is 3. The van der Waals surface area contributed by atoms with E-state index >= 15 is 0 Å². The van der Waals surface area contributed by atoms with Crippen LogP contribution in [-0.4, -0.2) is 17.9 Å². The maximum absolute atomic E-state index is 12.8. The Hall–Kier alpha value is -2.89. The molecule has 1 atom stereocenters. The zero-order chi connectivity index (χ0) is 17.7. The standard InChI is InChI=1S/C18H19FN2O3/c1-11-5-4-6-16(12(11)2)18(23)21-20-17(22)13(3)24-15-9-7-14(19)8-10-15/h4-10,13H,1-3H3,(H,20,22)(H,21,23). The highest BCUT2D eigenvalue weighted by Gasteiger charge is 2.16. The number of carbonyl (C=O) groups excluding carboxylic acids is 2. The van der Waals surface area contributed by atoms with E-state index in [-0.39, 0.29) is 5.82 Å². The van der Waals surface area contributed by atoms with Crippen LogP contribution < -0.4 is 15.6 Å². The van der Waals surface area contributed by atoms with Crippen LogP contribution in [0.2, 0.25) is 0 Å². The SMILES string of the molecule is Cc1cccc(C(=O)NNC(=O)C(C)Oc2ccc(F)cc2)c1C. The molecule has 2 aromatic rings. The third-order valence-electron chi connectivity index (χ3n) is 3.64.